The van der Waals surface area contributed by atoms with Crippen LogP contribution in [0.15, 0.2) is 30.3 Å². The van der Waals surface area contributed by atoms with Crippen LogP contribution in [-0.2, 0) is 9.53 Å². The van der Waals surface area contributed by atoms with Crippen molar-refractivity contribution in [2.45, 2.75) is 19.3 Å². The van der Waals surface area contributed by atoms with Gasteiger partial charge in [-0.15, -0.1) is 0 Å². The second-order valence-electron chi connectivity index (χ2n) is 4.08. The lowest BCUT2D eigenvalue weighted by Gasteiger charge is -2.08. The zero-order chi connectivity index (χ0) is 10.2. The summed E-state index contributed by atoms with van der Waals surface area (Å²) >= 11 is 0. The molecule has 0 bridgehead atoms. The predicted octanol–water partition coefficient (Wildman–Crippen LogP) is 2.35. The maximum atomic E-state index is 11.5. The Balaban J connectivity index is 2.16. The smallest absolute Gasteiger partial charge is 0.312 e. The molecule has 0 aliphatic heterocycles. The standard InChI is InChI=1S/C12H14O2/c1-12(11(13)14-2)8-10(12)9-6-4-3-5-7-9/h3-7,10H,8H2,1-2H3/t10-,12?/m0/s1. The van der Waals surface area contributed by atoms with Crippen molar-refractivity contribution in [3.8, 4) is 0 Å². The lowest BCUT2D eigenvalue weighted by molar-refractivity contribution is -0.146. The van der Waals surface area contributed by atoms with Crippen LogP contribution in [0.4, 0.5) is 0 Å². The number of esters is 1. The van der Waals surface area contributed by atoms with Crippen molar-refractivity contribution in [3.05, 3.63) is 35.9 Å². The fraction of sp³-hybridized carbons (Fsp3) is 0.417. The van der Waals surface area contributed by atoms with Gasteiger partial charge in [-0.05, 0) is 18.9 Å². The minimum absolute atomic E-state index is 0.0913. The summed E-state index contributed by atoms with van der Waals surface area (Å²) < 4.78 is 4.79. The van der Waals surface area contributed by atoms with Crippen molar-refractivity contribution in [2.75, 3.05) is 7.11 Å². The summed E-state index contributed by atoms with van der Waals surface area (Å²) in [5.41, 5.74) is 0.955. The molecule has 74 valence electrons. The highest BCUT2D eigenvalue weighted by Gasteiger charge is 2.57. The third kappa shape index (κ3) is 1.31. The van der Waals surface area contributed by atoms with Crippen LogP contribution in [0.2, 0.25) is 0 Å². The van der Waals surface area contributed by atoms with Crippen LogP contribution in [0.3, 0.4) is 0 Å². The van der Waals surface area contributed by atoms with E-state index in [2.05, 4.69) is 12.1 Å². The number of hydrogen-bond acceptors (Lipinski definition) is 2. The van der Waals surface area contributed by atoms with Crippen LogP contribution in [0.1, 0.15) is 24.8 Å². The van der Waals surface area contributed by atoms with Gasteiger partial charge >= 0.3 is 5.97 Å². The summed E-state index contributed by atoms with van der Waals surface area (Å²) in [4.78, 5) is 11.5. The first-order chi connectivity index (χ1) is 6.68. The van der Waals surface area contributed by atoms with Crippen LogP contribution < -0.4 is 0 Å². The van der Waals surface area contributed by atoms with E-state index in [-0.39, 0.29) is 11.4 Å². The van der Waals surface area contributed by atoms with Crippen molar-refractivity contribution in [1.29, 1.82) is 0 Å². The highest BCUT2D eigenvalue weighted by atomic mass is 16.5. The van der Waals surface area contributed by atoms with Gasteiger partial charge < -0.3 is 4.74 Å². The van der Waals surface area contributed by atoms with Crippen molar-refractivity contribution < 1.29 is 9.53 Å². The van der Waals surface area contributed by atoms with Crippen LogP contribution in [0.25, 0.3) is 0 Å². The van der Waals surface area contributed by atoms with Crippen LogP contribution >= 0.6 is 0 Å². The molecule has 2 nitrogen and oxygen atoms in total. The number of methoxy groups -OCH3 is 1. The molecule has 0 aromatic heterocycles. The quantitative estimate of drug-likeness (QED) is 0.669. The van der Waals surface area contributed by atoms with Gasteiger partial charge in [0.25, 0.3) is 0 Å². The molecule has 0 N–H and O–H groups in total. The zero-order valence-electron chi connectivity index (χ0n) is 8.49. The topological polar surface area (TPSA) is 26.3 Å². The van der Waals surface area contributed by atoms with E-state index >= 15 is 0 Å². The molecule has 0 radical (unpaired) electrons. The van der Waals surface area contributed by atoms with Gasteiger partial charge in [-0.25, -0.2) is 0 Å². The van der Waals surface area contributed by atoms with E-state index in [1.54, 1.807) is 0 Å². The van der Waals surface area contributed by atoms with Crippen molar-refractivity contribution in [2.24, 2.45) is 5.41 Å². The molecule has 1 aromatic rings. The molecule has 2 atom stereocenters. The molecule has 0 amide bonds. The number of hydrogen-bond donors (Lipinski definition) is 0. The Morgan fingerprint density at radius 1 is 1.43 bits per heavy atom. The molecule has 0 saturated heterocycles. The molecule has 0 heterocycles. The SMILES string of the molecule is COC(=O)C1(C)C[C@H]1c1ccccc1. The van der Waals surface area contributed by atoms with Gasteiger partial charge in [-0.1, -0.05) is 30.3 Å². The highest BCUT2D eigenvalue weighted by molar-refractivity contribution is 5.81. The molecule has 2 heteroatoms. The van der Waals surface area contributed by atoms with Crippen molar-refractivity contribution in [3.63, 3.8) is 0 Å². The van der Waals surface area contributed by atoms with Gasteiger partial charge in [-0.3, -0.25) is 4.79 Å². The number of carbonyl (C=O) groups excluding carboxylic acids is 1. The van der Waals surface area contributed by atoms with E-state index in [0.29, 0.717) is 5.92 Å². The third-order valence-corrected chi connectivity index (χ3v) is 3.09. The molecular formula is C12H14O2. The van der Waals surface area contributed by atoms with E-state index < -0.39 is 0 Å². The molecule has 14 heavy (non-hydrogen) atoms. The Morgan fingerprint density at radius 3 is 2.64 bits per heavy atom. The second kappa shape index (κ2) is 3.12. The molecule has 1 aliphatic rings. The summed E-state index contributed by atoms with van der Waals surface area (Å²) in [6.07, 6.45) is 0.906. The van der Waals surface area contributed by atoms with E-state index in [4.69, 9.17) is 4.74 Å². The monoisotopic (exact) mass is 190 g/mol. The van der Waals surface area contributed by atoms with Crippen molar-refractivity contribution in [1.82, 2.24) is 0 Å². The first-order valence-corrected chi connectivity index (χ1v) is 4.82. The molecular weight excluding hydrogens is 176 g/mol. The zero-order valence-corrected chi connectivity index (χ0v) is 8.49. The summed E-state index contributed by atoms with van der Waals surface area (Å²) in [6.45, 7) is 1.97. The van der Waals surface area contributed by atoms with Gasteiger partial charge in [0, 0.05) is 5.92 Å². The minimum Gasteiger partial charge on any atom is -0.469 e. The van der Waals surface area contributed by atoms with E-state index in [1.807, 2.05) is 25.1 Å². The largest absolute Gasteiger partial charge is 0.469 e. The molecule has 1 saturated carbocycles. The van der Waals surface area contributed by atoms with Gasteiger partial charge in [0.2, 0.25) is 0 Å². The summed E-state index contributed by atoms with van der Waals surface area (Å²) in [7, 11) is 1.45. The predicted molar refractivity (Wildman–Crippen MR) is 53.9 cm³/mol. The Morgan fingerprint density at radius 2 is 2.07 bits per heavy atom. The fourth-order valence-corrected chi connectivity index (χ4v) is 1.99. The Hall–Kier alpha value is -1.31. The van der Waals surface area contributed by atoms with Gasteiger partial charge in [-0.2, -0.15) is 0 Å². The number of benzene rings is 1. The number of rotatable bonds is 2. The average molecular weight is 190 g/mol. The van der Waals surface area contributed by atoms with Gasteiger partial charge in [0.15, 0.2) is 0 Å². The fourth-order valence-electron chi connectivity index (χ4n) is 1.99. The first kappa shape index (κ1) is 9.25. The number of ether oxygens (including phenoxy) is 1. The van der Waals surface area contributed by atoms with Crippen LogP contribution in [0.5, 0.6) is 0 Å². The Labute approximate surface area is 83.9 Å². The summed E-state index contributed by atoms with van der Waals surface area (Å²) in [5, 5.41) is 0. The van der Waals surface area contributed by atoms with Gasteiger partial charge in [0.1, 0.15) is 0 Å². The van der Waals surface area contributed by atoms with Gasteiger partial charge in [0.05, 0.1) is 12.5 Å². The molecule has 0 spiro atoms. The second-order valence-corrected chi connectivity index (χ2v) is 4.08. The molecule has 1 aliphatic carbocycles. The minimum atomic E-state index is -0.282. The maximum Gasteiger partial charge on any atom is 0.312 e. The lowest BCUT2D eigenvalue weighted by atomic mass is 10.0. The molecule has 1 fully saturated rings. The van der Waals surface area contributed by atoms with Crippen LogP contribution in [-0.4, -0.2) is 13.1 Å². The average Bonchev–Trinajstić information content (AvgIpc) is 2.92. The molecule has 2 rings (SSSR count). The first-order valence-electron chi connectivity index (χ1n) is 4.82. The maximum absolute atomic E-state index is 11.5. The highest BCUT2D eigenvalue weighted by Crippen LogP contribution is 2.59. The third-order valence-electron chi connectivity index (χ3n) is 3.09. The molecule has 1 unspecified atom stereocenters. The summed E-state index contributed by atoms with van der Waals surface area (Å²) in [6, 6.07) is 10.1. The molecule has 1 aromatic carbocycles. The van der Waals surface area contributed by atoms with E-state index in [9.17, 15) is 4.79 Å². The summed E-state index contributed by atoms with van der Waals surface area (Å²) in [5.74, 6) is 0.252. The Kier molecular flexibility index (Phi) is 2.06. The lowest BCUT2D eigenvalue weighted by Crippen LogP contribution is -2.15. The van der Waals surface area contributed by atoms with Crippen molar-refractivity contribution >= 4 is 5.97 Å². The van der Waals surface area contributed by atoms with E-state index in [0.717, 1.165) is 6.42 Å². The van der Waals surface area contributed by atoms with Crippen LogP contribution in [0, 0.1) is 5.41 Å². The Bertz CT molecular complexity index is 345. The normalized spacial score (nSPS) is 29.7. The van der Waals surface area contributed by atoms with E-state index in [1.165, 1.54) is 12.7 Å². The number of carbonyl (C=O) groups is 1.